The molecule has 3 aromatic carbocycles. The Kier molecular flexibility index (Phi) is 9.99. The highest BCUT2D eigenvalue weighted by Crippen LogP contribution is 2.33. The molecule has 3 rings (SSSR count). The number of carbonyl (C=O) groups excluding carboxylic acids is 2. The van der Waals surface area contributed by atoms with Crippen molar-refractivity contribution in [3.8, 4) is 5.75 Å². The van der Waals surface area contributed by atoms with Gasteiger partial charge in [-0.3, -0.25) is 9.10 Å². The van der Waals surface area contributed by atoms with Crippen molar-refractivity contribution in [3.05, 3.63) is 89.5 Å². The molecule has 42 heavy (non-hydrogen) atoms. The van der Waals surface area contributed by atoms with Crippen LogP contribution in [-0.2, 0) is 30.5 Å². The van der Waals surface area contributed by atoms with E-state index in [-0.39, 0.29) is 17.2 Å². The molecule has 0 saturated heterocycles. The molecule has 224 valence electrons. The molecule has 0 fully saturated rings. The SMILES string of the molecule is Cc1ccc(S(=O)(=O)N(CC(=O)N/N=C\c2ccc(OCC(=O)OC(C)(C)C)cc2)c2cccc(C(F)(F)F)c2)cc1. The third kappa shape index (κ3) is 9.33. The molecule has 1 N–H and O–H groups in total. The largest absolute Gasteiger partial charge is 0.482 e. The average molecular weight is 606 g/mol. The first kappa shape index (κ1) is 32.1. The number of anilines is 1. The van der Waals surface area contributed by atoms with Crippen LogP contribution >= 0.6 is 0 Å². The van der Waals surface area contributed by atoms with Gasteiger partial charge in [0.2, 0.25) is 0 Å². The first-order valence-electron chi connectivity index (χ1n) is 12.6. The molecule has 3 aromatic rings. The van der Waals surface area contributed by atoms with Gasteiger partial charge in [0, 0.05) is 0 Å². The lowest BCUT2D eigenvalue weighted by Crippen LogP contribution is -2.39. The number of hydrazone groups is 1. The van der Waals surface area contributed by atoms with Crippen LogP contribution in [0.4, 0.5) is 18.9 Å². The number of ether oxygens (including phenoxy) is 2. The van der Waals surface area contributed by atoms with E-state index >= 15 is 0 Å². The molecule has 0 aliphatic carbocycles. The number of aryl methyl sites for hydroxylation is 1. The molecule has 0 aromatic heterocycles. The number of hydrogen-bond donors (Lipinski definition) is 1. The Balaban J connectivity index is 1.72. The van der Waals surface area contributed by atoms with Gasteiger partial charge in [-0.1, -0.05) is 23.8 Å². The summed E-state index contributed by atoms with van der Waals surface area (Å²) in [6.45, 7) is 5.84. The Bertz CT molecular complexity index is 1530. The van der Waals surface area contributed by atoms with Crippen LogP contribution in [0.5, 0.6) is 5.75 Å². The number of nitrogens with one attached hydrogen (secondary N) is 1. The van der Waals surface area contributed by atoms with Gasteiger partial charge in [-0.2, -0.15) is 18.3 Å². The molecule has 0 unspecified atom stereocenters. The van der Waals surface area contributed by atoms with E-state index in [2.05, 4.69) is 10.5 Å². The molecular weight excluding hydrogens is 575 g/mol. The number of rotatable bonds is 10. The lowest BCUT2D eigenvalue weighted by molar-refractivity contribution is -0.157. The van der Waals surface area contributed by atoms with E-state index in [0.717, 1.165) is 17.7 Å². The fourth-order valence-electron chi connectivity index (χ4n) is 3.50. The summed E-state index contributed by atoms with van der Waals surface area (Å²) in [5.41, 5.74) is 1.45. The van der Waals surface area contributed by atoms with Crippen LogP contribution in [0.3, 0.4) is 0 Å². The van der Waals surface area contributed by atoms with E-state index in [1.54, 1.807) is 52.0 Å². The minimum absolute atomic E-state index is 0.198. The second-order valence-electron chi connectivity index (χ2n) is 10.1. The van der Waals surface area contributed by atoms with E-state index in [1.165, 1.54) is 36.5 Å². The minimum atomic E-state index is -4.72. The predicted octanol–water partition coefficient (Wildman–Crippen LogP) is 5.08. The molecule has 0 bridgehead atoms. The van der Waals surface area contributed by atoms with E-state index in [1.807, 2.05) is 0 Å². The Morgan fingerprint density at radius 2 is 1.62 bits per heavy atom. The number of sulfonamides is 1. The summed E-state index contributed by atoms with van der Waals surface area (Å²) in [4.78, 5) is 24.3. The van der Waals surface area contributed by atoms with Crippen molar-refractivity contribution in [2.75, 3.05) is 17.5 Å². The molecule has 0 aliphatic heterocycles. The minimum Gasteiger partial charge on any atom is -0.482 e. The number of halogens is 3. The maximum Gasteiger partial charge on any atom is 0.416 e. The smallest absolute Gasteiger partial charge is 0.416 e. The van der Waals surface area contributed by atoms with E-state index in [4.69, 9.17) is 9.47 Å². The van der Waals surface area contributed by atoms with Crippen LogP contribution in [0, 0.1) is 6.92 Å². The van der Waals surface area contributed by atoms with Gasteiger partial charge in [0.05, 0.1) is 22.4 Å². The van der Waals surface area contributed by atoms with Gasteiger partial charge in [-0.05, 0) is 87.9 Å². The van der Waals surface area contributed by atoms with Gasteiger partial charge in [-0.25, -0.2) is 18.6 Å². The second-order valence-corrected chi connectivity index (χ2v) is 12.0. The standard InChI is InChI=1S/C29H30F3N3O6S/c1-20-8-14-25(15-9-20)42(38,39)35(23-7-5-6-22(16-23)29(30,31)32)18-26(36)34-33-17-21-10-12-24(13-11-21)40-19-27(37)41-28(2,3)4/h5-17H,18-19H2,1-4H3,(H,34,36)/b33-17-. The van der Waals surface area contributed by atoms with Crippen molar-refractivity contribution >= 4 is 33.8 Å². The third-order valence-corrected chi connectivity index (χ3v) is 7.21. The quantitative estimate of drug-likeness (QED) is 0.196. The van der Waals surface area contributed by atoms with Crippen LogP contribution in [0.1, 0.15) is 37.5 Å². The number of benzene rings is 3. The van der Waals surface area contributed by atoms with Crippen molar-refractivity contribution in [1.29, 1.82) is 0 Å². The average Bonchev–Trinajstić information content (AvgIpc) is 2.90. The van der Waals surface area contributed by atoms with Gasteiger partial charge < -0.3 is 9.47 Å². The van der Waals surface area contributed by atoms with Gasteiger partial charge >= 0.3 is 12.1 Å². The zero-order valence-electron chi connectivity index (χ0n) is 23.3. The van der Waals surface area contributed by atoms with Crippen LogP contribution in [0.15, 0.2) is 82.8 Å². The molecule has 0 heterocycles. The van der Waals surface area contributed by atoms with E-state index in [0.29, 0.717) is 21.7 Å². The third-order valence-electron chi connectivity index (χ3n) is 5.42. The number of esters is 1. The van der Waals surface area contributed by atoms with Gasteiger partial charge in [0.25, 0.3) is 15.9 Å². The molecule has 0 radical (unpaired) electrons. The van der Waals surface area contributed by atoms with Crippen LogP contribution in [0.2, 0.25) is 0 Å². The molecule has 9 nitrogen and oxygen atoms in total. The summed E-state index contributed by atoms with van der Waals surface area (Å²) in [6.07, 6.45) is -3.45. The maximum atomic E-state index is 13.4. The summed E-state index contributed by atoms with van der Waals surface area (Å²) >= 11 is 0. The number of alkyl halides is 3. The summed E-state index contributed by atoms with van der Waals surface area (Å²) in [5.74, 6) is -1.03. The zero-order chi connectivity index (χ0) is 31.1. The normalized spacial score (nSPS) is 12.2. The van der Waals surface area contributed by atoms with Crippen molar-refractivity contribution in [2.45, 2.75) is 44.4 Å². The topological polar surface area (TPSA) is 114 Å². The van der Waals surface area contributed by atoms with Crippen LogP contribution in [0.25, 0.3) is 0 Å². The first-order valence-corrected chi connectivity index (χ1v) is 14.0. The Morgan fingerprint density at radius 1 is 0.976 bits per heavy atom. The Hall–Kier alpha value is -4.39. The van der Waals surface area contributed by atoms with Gasteiger partial charge in [0.1, 0.15) is 17.9 Å². The van der Waals surface area contributed by atoms with Gasteiger partial charge in [0.15, 0.2) is 6.61 Å². The predicted molar refractivity (Wildman–Crippen MR) is 151 cm³/mol. The lowest BCUT2D eigenvalue weighted by atomic mass is 10.2. The molecule has 0 aliphatic rings. The number of hydrogen-bond acceptors (Lipinski definition) is 7. The number of carbonyl (C=O) groups is 2. The highest BCUT2D eigenvalue weighted by atomic mass is 32.2. The summed E-state index contributed by atoms with van der Waals surface area (Å²) in [6, 6.07) is 15.7. The molecular formula is C29H30F3N3O6S. The number of nitrogens with zero attached hydrogens (tertiary/aromatic N) is 2. The number of amides is 1. The first-order chi connectivity index (χ1) is 19.5. The molecule has 1 amide bonds. The summed E-state index contributed by atoms with van der Waals surface area (Å²) in [7, 11) is -4.43. The Morgan fingerprint density at radius 3 is 2.21 bits per heavy atom. The second kappa shape index (κ2) is 13.1. The van der Waals surface area contributed by atoms with Crippen molar-refractivity contribution in [1.82, 2.24) is 5.43 Å². The fourth-order valence-corrected chi connectivity index (χ4v) is 4.91. The molecule has 0 atom stereocenters. The molecule has 0 saturated carbocycles. The monoisotopic (exact) mass is 605 g/mol. The van der Waals surface area contributed by atoms with E-state index < -0.39 is 45.8 Å². The van der Waals surface area contributed by atoms with Crippen LogP contribution in [-0.4, -0.2) is 45.3 Å². The molecule has 0 spiro atoms. The summed E-state index contributed by atoms with van der Waals surface area (Å²) in [5, 5.41) is 3.81. The van der Waals surface area contributed by atoms with Gasteiger partial charge in [-0.15, -0.1) is 0 Å². The van der Waals surface area contributed by atoms with Crippen molar-refractivity contribution in [2.24, 2.45) is 5.10 Å². The fraction of sp³-hybridized carbons (Fsp3) is 0.276. The molecule has 13 heteroatoms. The lowest BCUT2D eigenvalue weighted by Gasteiger charge is -2.24. The van der Waals surface area contributed by atoms with Crippen molar-refractivity contribution in [3.63, 3.8) is 0 Å². The highest BCUT2D eigenvalue weighted by molar-refractivity contribution is 7.92. The van der Waals surface area contributed by atoms with Crippen molar-refractivity contribution < 1.29 is 40.7 Å². The Labute approximate surface area is 242 Å². The van der Waals surface area contributed by atoms with E-state index in [9.17, 15) is 31.2 Å². The van der Waals surface area contributed by atoms with Crippen LogP contribution < -0.4 is 14.5 Å². The zero-order valence-corrected chi connectivity index (χ0v) is 24.1. The maximum absolute atomic E-state index is 13.4. The highest BCUT2D eigenvalue weighted by Gasteiger charge is 2.33. The summed E-state index contributed by atoms with van der Waals surface area (Å²) < 4.78 is 78.0.